The number of hydrogen-bond acceptors (Lipinski definition) is 3. The number of nitrogens with one attached hydrogen (secondary N) is 1. The van der Waals surface area contributed by atoms with E-state index in [2.05, 4.69) is 5.32 Å². The van der Waals surface area contributed by atoms with Crippen molar-refractivity contribution in [3.05, 3.63) is 29.1 Å². The Balaban J connectivity index is 3.02. The highest BCUT2D eigenvalue weighted by atomic mass is 19.2. The quantitative estimate of drug-likeness (QED) is 0.695. The van der Waals surface area contributed by atoms with Crippen LogP contribution < -0.4 is 11.1 Å². The smallest absolute Gasteiger partial charge is 0.254 e. The Kier molecular flexibility index (Phi) is 3.95. The van der Waals surface area contributed by atoms with Crippen LogP contribution in [0.5, 0.6) is 5.75 Å². The van der Waals surface area contributed by atoms with Gasteiger partial charge in [0.2, 0.25) is 5.82 Å². The molecule has 0 bridgehead atoms. The molecule has 0 aliphatic heterocycles. The van der Waals surface area contributed by atoms with Gasteiger partial charge in [-0.1, -0.05) is 0 Å². The first-order chi connectivity index (χ1) is 7.84. The van der Waals surface area contributed by atoms with Crippen LogP contribution in [0.1, 0.15) is 17.3 Å². The molecule has 1 unspecified atom stereocenters. The van der Waals surface area contributed by atoms with Gasteiger partial charge in [0, 0.05) is 12.6 Å². The van der Waals surface area contributed by atoms with Crippen molar-refractivity contribution in [2.45, 2.75) is 13.0 Å². The molecule has 7 heteroatoms. The van der Waals surface area contributed by atoms with Crippen molar-refractivity contribution in [2.24, 2.45) is 5.73 Å². The summed E-state index contributed by atoms with van der Waals surface area (Å²) < 4.78 is 38.9. The molecule has 0 heterocycles. The highest BCUT2D eigenvalue weighted by molar-refractivity contribution is 5.95. The zero-order chi connectivity index (χ0) is 13.2. The molecule has 1 rings (SSSR count). The Morgan fingerprint density at radius 2 is 2.06 bits per heavy atom. The molecule has 0 aromatic heterocycles. The number of carbonyl (C=O) groups is 1. The predicted octanol–water partition coefficient (Wildman–Crippen LogP) is 0.886. The lowest BCUT2D eigenvalue weighted by Crippen LogP contribution is -2.35. The van der Waals surface area contributed by atoms with E-state index in [-0.39, 0.29) is 12.6 Å². The number of carbonyl (C=O) groups excluding carboxylic acids is 1. The lowest BCUT2D eigenvalue weighted by molar-refractivity contribution is 0.0946. The maximum Gasteiger partial charge on any atom is 0.254 e. The molecule has 0 aliphatic carbocycles. The molecule has 4 nitrogen and oxygen atoms in total. The van der Waals surface area contributed by atoms with Crippen molar-refractivity contribution in [3.8, 4) is 5.75 Å². The normalized spacial score (nSPS) is 12.3. The molecule has 0 fully saturated rings. The first-order valence-corrected chi connectivity index (χ1v) is 4.74. The molecule has 1 aromatic rings. The minimum Gasteiger partial charge on any atom is -0.503 e. The molecule has 1 atom stereocenters. The predicted molar refractivity (Wildman–Crippen MR) is 54.0 cm³/mol. The van der Waals surface area contributed by atoms with E-state index in [0.29, 0.717) is 6.07 Å². The van der Waals surface area contributed by atoms with Crippen molar-refractivity contribution in [1.82, 2.24) is 5.32 Å². The number of benzene rings is 1. The Morgan fingerprint density at radius 3 is 2.59 bits per heavy atom. The van der Waals surface area contributed by atoms with Crippen LogP contribution in [0, 0.1) is 17.5 Å². The highest BCUT2D eigenvalue weighted by Gasteiger charge is 2.22. The Morgan fingerprint density at radius 1 is 1.47 bits per heavy atom. The molecule has 1 aromatic carbocycles. The number of aromatic hydroxyl groups is 1. The standard InChI is InChI=1S/C10H11F3N2O2/c1-4(14)3-15-10(17)5-2-6(11)8(13)9(16)7(5)12/h2,4,16H,3,14H2,1H3,(H,15,17). The third kappa shape index (κ3) is 2.88. The van der Waals surface area contributed by atoms with E-state index in [1.807, 2.05) is 0 Å². The van der Waals surface area contributed by atoms with Crippen LogP contribution in [0.25, 0.3) is 0 Å². The fourth-order valence-corrected chi connectivity index (χ4v) is 1.10. The molecule has 4 N–H and O–H groups in total. The van der Waals surface area contributed by atoms with Gasteiger partial charge in [0.1, 0.15) is 0 Å². The molecular formula is C10H11F3N2O2. The van der Waals surface area contributed by atoms with Gasteiger partial charge in [-0.15, -0.1) is 0 Å². The number of phenols is 1. The summed E-state index contributed by atoms with van der Waals surface area (Å²) in [6.45, 7) is 1.64. The lowest BCUT2D eigenvalue weighted by atomic mass is 10.1. The van der Waals surface area contributed by atoms with Crippen LogP contribution in [0.15, 0.2) is 6.07 Å². The molecule has 0 radical (unpaired) electrons. The second-order valence-corrected chi connectivity index (χ2v) is 3.57. The van der Waals surface area contributed by atoms with Gasteiger partial charge in [0.25, 0.3) is 5.91 Å². The Hall–Kier alpha value is -1.76. The van der Waals surface area contributed by atoms with Gasteiger partial charge in [-0.3, -0.25) is 4.79 Å². The minimum atomic E-state index is -1.73. The minimum absolute atomic E-state index is 0.0397. The summed E-state index contributed by atoms with van der Waals surface area (Å²) in [5, 5.41) is 11.1. The van der Waals surface area contributed by atoms with Gasteiger partial charge in [-0.05, 0) is 13.0 Å². The Bertz CT molecular complexity index is 450. The second kappa shape index (κ2) is 5.05. The van der Waals surface area contributed by atoms with Crippen LogP contribution in [0.2, 0.25) is 0 Å². The van der Waals surface area contributed by atoms with E-state index in [0.717, 1.165) is 0 Å². The van der Waals surface area contributed by atoms with E-state index in [9.17, 15) is 18.0 Å². The summed E-state index contributed by atoms with van der Waals surface area (Å²) in [5.74, 6) is -7.24. The molecule has 17 heavy (non-hydrogen) atoms. The number of nitrogens with two attached hydrogens (primary N) is 1. The van der Waals surface area contributed by atoms with E-state index < -0.39 is 34.7 Å². The summed E-state index contributed by atoms with van der Waals surface area (Å²) in [5.41, 5.74) is 4.57. The number of amides is 1. The van der Waals surface area contributed by atoms with Gasteiger partial charge in [-0.25, -0.2) is 8.78 Å². The van der Waals surface area contributed by atoms with Crippen LogP contribution in [-0.4, -0.2) is 23.6 Å². The van der Waals surface area contributed by atoms with Gasteiger partial charge in [-0.2, -0.15) is 4.39 Å². The molecule has 0 saturated carbocycles. The van der Waals surface area contributed by atoms with Crippen molar-refractivity contribution >= 4 is 5.91 Å². The van der Waals surface area contributed by atoms with Crippen LogP contribution in [0.3, 0.4) is 0 Å². The third-order valence-electron chi connectivity index (χ3n) is 1.96. The van der Waals surface area contributed by atoms with Gasteiger partial charge >= 0.3 is 0 Å². The maximum atomic E-state index is 13.3. The average Bonchev–Trinajstić information content (AvgIpc) is 2.28. The van der Waals surface area contributed by atoms with E-state index in [1.54, 1.807) is 6.92 Å². The monoisotopic (exact) mass is 248 g/mol. The molecule has 0 spiro atoms. The third-order valence-corrected chi connectivity index (χ3v) is 1.96. The summed E-state index contributed by atoms with van der Waals surface area (Å²) >= 11 is 0. The Labute approximate surface area is 95.2 Å². The van der Waals surface area contributed by atoms with Gasteiger partial charge in [0.15, 0.2) is 17.4 Å². The summed E-state index contributed by atoms with van der Waals surface area (Å²) in [7, 11) is 0. The lowest BCUT2D eigenvalue weighted by Gasteiger charge is -2.09. The van der Waals surface area contributed by atoms with Gasteiger partial charge < -0.3 is 16.2 Å². The maximum absolute atomic E-state index is 13.3. The topological polar surface area (TPSA) is 75.3 Å². The van der Waals surface area contributed by atoms with E-state index in [1.165, 1.54) is 0 Å². The zero-order valence-corrected chi connectivity index (χ0v) is 8.93. The van der Waals surface area contributed by atoms with Crippen LogP contribution in [-0.2, 0) is 0 Å². The second-order valence-electron chi connectivity index (χ2n) is 3.57. The fraction of sp³-hybridized carbons (Fsp3) is 0.300. The average molecular weight is 248 g/mol. The van der Waals surface area contributed by atoms with Crippen LogP contribution in [0.4, 0.5) is 13.2 Å². The molecule has 94 valence electrons. The molecule has 0 saturated heterocycles. The number of hydrogen-bond donors (Lipinski definition) is 3. The largest absolute Gasteiger partial charge is 0.503 e. The number of phenolic OH excluding ortho intramolecular Hbond substituents is 1. The van der Waals surface area contributed by atoms with Crippen molar-refractivity contribution in [1.29, 1.82) is 0 Å². The fourth-order valence-electron chi connectivity index (χ4n) is 1.10. The first kappa shape index (κ1) is 13.3. The van der Waals surface area contributed by atoms with Crippen molar-refractivity contribution in [3.63, 3.8) is 0 Å². The zero-order valence-electron chi connectivity index (χ0n) is 8.93. The molecule has 0 aliphatic rings. The highest BCUT2D eigenvalue weighted by Crippen LogP contribution is 2.25. The molecule has 1 amide bonds. The van der Waals surface area contributed by atoms with E-state index in [4.69, 9.17) is 10.8 Å². The SMILES string of the molecule is CC(N)CNC(=O)c1cc(F)c(F)c(O)c1F. The number of halogens is 3. The molecular weight excluding hydrogens is 237 g/mol. The van der Waals surface area contributed by atoms with Crippen molar-refractivity contribution in [2.75, 3.05) is 6.54 Å². The summed E-state index contributed by atoms with van der Waals surface area (Å²) in [4.78, 5) is 11.4. The summed E-state index contributed by atoms with van der Waals surface area (Å²) in [6, 6.07) is 0.00173. The van der Waals surface area contributed by atoms with E-state index >= 15 is 0 Å². The first-order valence-electron chi connectivity index (χ1n) is 4.74. The van der Waals surface area contributed by atoms with Crippen molar-refractivity contribution < 1.29 is 23.1 Å². The summed E-state index contributed by atoms with van der Waals surface area (Å²) in [6.07, 6.45) is 0. The van der Waals surface area contributed by atoms with Crippen LogP contribution >= 0.6 is 0 Å². The number of rotatable bonds is 3. The van der Waals surface area contributed by atoms with Gasteiger partial charge in [0.05, 0.1) is 5.56 Å².